The molecule has 0 spiro atoms. The molecule has 0 bridgehead atoms. The van der Waals surface area contributed by atoms with Gasteiger partial charge < -0.3 is 15.1 Å². The van der Waals surface area contributed by atoms with E-state index in [1.54, 1.807) is 0 Å². The number of likely N-dealkylation sites (N-methyl/N-ethyl adjacent to an activating group) is 1. The highest BCUT2D eigenvalue weighted by Gasteiger charge is 2.19. The molecule has 1 N–H and O–H groups in total. The summed E-state index contributed by atoms with van der Waals surface area (Å²) in [6, 6.07) is 14.3. The number of nitrogens with zero attached hydrogens (tertiary/aromatic N) is 5. The Morgan fingerprint density at radius 1 is 1.00 bits per heavy atom. The Morgan fingerprint density at radius 3 is 2.41 bits per heavy atom. The van der Waals surface area contributed by atoms with Gasteiger partial charge in [0.25, 0.3) is 5.91 Å². The second-order valence-corrected chi connectivity index (χ2v) is 8.32. The minimum Gasteiger partial charge on any atom is -0.354 e. The van der Waals surface area contributed by atoms with Crippen molar-refractivity contribution in [1.82, 2.24) is 25.0 Å². The van der Waals surface area contributed by atoms with Crippen LogP contribution in [0, 0.1) is 13.8 Å². The standard InChI is InChI=1S/C25H32N6O/c1-4-29-12-14-30(15-13-29)23-11-10-22(16-26-23)17-27-25(32)24-19(2)28-31(20(24)3)18-21-8-6-5-7-9-21/h5-11,16H,4,12-15,17-18H2,1-3H3,(H,27,32). The van der Waals surface area contributed by atoms with Crippen LogP contribution in [-0.2, 0) is 13.1 Å². The number of carbonyl (C=O) groups is 1. The summed E-state index contributed by atoms with van der Waals surface area (Å²) in [4.78, 5) is 22.3. The molecule has 0 aliphatic carbocycles. The Bertz CT molecular complexity index is 1040. The Labute approximate surface area is 190 Å². The lowest BCUT2D eigenvalue weighted by molar-refractivity contribution is 0.0949. The topological polar surface area (TPSA) is 66.3 Å². The summed E-state index contributed by atoms with van der Waals surface area (Å²) in [6.07, 6.45) is 1.86. The molecule has 7 heteroatoms. The third kappa shape index (κ3) is 4.99. The van der Waals surface area contributed by atoms with Crippen molar-refractivity contribution in [1.29, 1.82) is 0 Å². The third-order valence-corrected chi connectivity index (χ3v) is 6.19. The smallest absolute Gasteiger partial charge is 0.255 e. The number of pyridine rings is 1. The van der Waals surface area contributed by atoms with Crippen molar-refractivity contribution in [2.75, 3.05) is 37.6 Å². The number of nitrogens with one attached hydrogen (secondary N) is 1. The highest BCUT2D eigenvalue weighted by atomic mass is 16.1. The first-order valence-electron chi connectivity index (χ1n) is 11.3. The predicted molar refractivity (Wildman–Crippen MR) is 127 cm³/mol. The minimum atomic E-state index is -0.0981. The van der Waals surface area contributed by atoms with Crippen LogP contribution in [0.2, 0.25) is 0 Å². The summed E-state index contributed by atoms with van der Waals surface area (Å²) in [6.45, 7) is 12.4. The third-order valence-electron chi connectivity index (χ3n) is 6.19. The molecular weight excluding hydrogens is 400 g/mol. The van der Waals surface area contributed by atoms with Gasteiger partial charge in [-0.15, -0.1) is 0 Å². The normalized spacial score (nSPS) is 14.5. The van der Waals surface area contributed by atoms with Crippen molar-refractivity contribution in [3.05, 3.63) is 76.7 Å². The zero-order chi connectivity index (χ0) is 22.5. The van der Waals surface area contributed by atoms with E-state index < -0.39 is 0 Å². The molecule has 7 nitrogen and oxygen atoms in total. The van der Waals surface area contributed by atoms with Crippen LogP contribution in [0.5, 0.6) is 0 Å². The van der Waals surface area contributed by atoms with Gasteiger partial charge in [0.2, 0.25) is 0 Å². The maximum absolute atomic E-state index is 12.9. The van der Waals surface area contributed by atoms with Crippen LogP contribution in [0.4, 0.5) is 5.82 Å². The van der Waals surface area contributed by atoms with Gasteiger partial charge in [0, 0.05) is 44.6 Å². The molecule has 3 aromatic rings. The maximum atomic E-state index is 12.9. The number of aryl methyl sites for hydroxylation is 1. The minimum absolute atomic E-state index is 0.0981. The van der Waals surface area contributed by atoms with Crippen molar-refractivity contribution in [2.45, 2.75) is 33.9 Å². The molecule has 0 unspecified atom stereocenters. The summed E-state index contributed by atoms with van der Waals surface area (Å²) >= 11 is 0. The quantitative estimate of drug-likeness (QED) is 0.622. The number of rotatable bonds is 7. The second kappa shape index (κ2) is 9.96. The van der Waals surface area contributed by atoms with E-state index in [4.69, 9.17) is 0 Å². The van der Waals surface area contributed by atoms with E-state index in [0.29, 0.717) is 18.7 Å². The molecule has 3 heterocycles. The van der Waals surface area contributed by atoms with E-state index in [9.17, 15) is 4.79 Å². The first-order chi connectivity index (χ1) is 15.5. The number of hydrogen-bond donors (Lipinski definition) is 1. The van der Waals surface area contributed by atoms with Crippen LogP contribution < -0.4 is 10.2 Å². The highest BCUT2D eigenvalue weighted by Crippen LogP contribution is 2.16. The number of amides is 1. The number of anilines is 1. The fourth-order valence-electron chi connectivity index (χ4n) is 4.21. The second-order valence-electron chi connectivity index (χ2n) is 8.32. The van der Waals surface area contributed by atoms with Gasteiger partial charge in [-0.3, -0.25) is 9.48 Å². The molecule has 32 heavy (non-hydrogen) atoms. The van der Waals surface area contributed by atoms with Crippen LogP contribution >= 0.6 is 0 Å². The summed E-state index contributed by atoms with van der Waals surface area (Å²) in [7, 11) is 0. The maximum Gasteiger partial charge on any atom is 0.255 e. The lowest BCUT2D eigenvalue weighted by Crippen LogP contribution is -2.46. The Morgan fingerprint density at radius 2 is 1.75 bits per heavy atom. The molecule has 0 saturated carbocycles. The van der Waals surface area contributed by atoms with Crippen molar-refractivity contribution in [2.24, 2.45) is 0 Å². The molecule has 1 aromatic carbocycles. The summed E-state index contributed by atoms with van der Waals surface area (Å²) in [5.41, 5.74) is 4.42. The van der Waals surface area contributed by atoms with Gasteiger partial charge >= 0.3 is 0 Å². The van der Waals surface area contributed by atoms with Crippen LogP contribution in [0.25, 0.3) is 0 Å². The van der Waals surface area contributed by atoms with Gasteiger partial charge in [0.1, 0.15) is 5.82 Å². The van der Waals surface area contributed by atoms with Crippen molar-refractivity contribution in [3.63, 3.8) is 0 Å². The van der Waals surface area contributed by atoms with E-state index in [1.165, 1.54) is 0 Å². The molecular formula is C25H32N6O. The average molecular weight is 433 g/mol. The fourth-order valence-corrected chi connectivity index (χ4v) is 4.21. The number of benzene rings is 1. The van der Waals surface area contributed by atoms with Crippen LogP contribution in [0.15, 0.2) is 48.7 Å². The van der Waals surface area contributed by atoms with Crippen LogP contribution in [0.3, 0.4) is 0 Å². The van der Waals surface area contributed by atoms with Crippen molar-refractivity contribution >= 4 is 11.7 Å². The van der Waals surface area contributed by atoms with E-state index >= 15 is 0 Å². The monoisotopic (exact) mass is 432 g/mol. The number of aromatic nitrogens is 3. The van der Waals surface area contributed by atoms with E-state index in [-0.39, 0.29) is 5.91 Å². The lowest BCUT2D eigenvalue weighted by Gasteiger charge is -2.34. The summed E-state index contributed by atoms with van der Waals surface area (Å²) in [5.74, 6) is 0.906. The average Bonchev–Trinajstić information content (AvgIpc) is 3.11. The van der Waals surface area contributed by atoms with E-state index in [1.807, 2.05) is 49.0 Å². The number of piperazine rings is 1. The van der Waals surface area contributed by atoms with Crippen LogP contribution in [0.1, 0.15) is 39.8 Å². The largest absolute Gasteiger partial charge is 0.354 e. The van der Waals surface area contributed by atoms with Gasteiger partial charge in [-0.2, -0.15) is 5.10 Å². The van der Waals surface area contributed by atoms with E-state index in [0.717, 1.165) is 61.1 Å². The molecule has 0 atom stereocenters. The first kappa shape index (κ1) is 22.0. The van der Waals surface area contributed by atoms with Crippen LogP contribution in [-0.4, -0.2) is 58.3 Å². The van der Waals surface area contributed by atoms with E-state index in [2.05, 4.69) is 50.3 Å². The Kier molecular flexibility index (Phi) is 6.85. The SMILES string of the molecule is CCN1CCN(c2ccc(CNC(=O)c3c(C)nn(Cc4ccccc4)c3C)cn2)CC1. The van der Waals surface area contributed by atoms with Gasteiger partial charge in [0.05, 0.1) is 17.8 Å². The molecule has 4 rings (SSSR count). The predicted octanol–water partition coefficient (Wildman–Crippen LogP) is 3.02. The zero-order valence-electron chi connectivity index (χ0n) is 19.2. The summed E-state index contributed by atoms with van der Waals surface area (Å²) < 4.78 is 1.90. The first-order valence-corrected chi connectivity index (χ1v) is 11.3. The zero-order valence-corrected chi connectivity index (χ0v) is 19.2. The molecule has 1 saturated heterocycles. The Hall–Kier alpha value is -3.19. The molecule has 1 aliphatic rings. The summed E-state index contributed by atoms with van der Waals surface area (Å²) in [5, 5.41) is 7.62. The molecule has 0 radical (unpaired) electrons. The number of hydrogen-bond acceptors (Lipinski definition) is 5. The number of carbonyl (C=O) groups excluding carboxylic acids is 1. The lowest BCUT2D eigenvalue weighted by atomic mass is 10.1. The molecule has 1 aliphatic heterocycles. The molecule has 1 fully saturated rings. The van der Waals surface area contributed by atoms with Gasteiger partial charge in [-0.05, 0) is 37.6 Å². The van der Waals surface area contributed by atoms with Crippen molar-refractivity contribution in [3.8, 4) is 0 Å². The fraction of sp³-hybridized carbons (Fsp3) is 0.400. The van der Waals surface area contributed by atoms with Gasteiger partial charge in [-0.1, -0.05) is 43.3 Å². The molecule has 2 aromatic heterocycles. The van der Waals surface area contributed by atoms with Gasteiger partial charge in [-0.25, -0.2) is 4.98 Å². The Balaban J connectivity index is 1.36. The molecule has 168 valence electrons. The van der Waals surface area contributed by atoms with Crippen molar-refractivity contribution < 1.29 is 4.79 Å². The highest BCUT2D eigenvalue weighted by molar-refractivity contribution is 5.96. The van der Waals surface area contributed by atoms with Gasteiger partial charge in [0.15, 0.2) is 0 Å². The molecule has 1 amide bonds.